The van der Waals surface area contributed by atoms with E-state index in [1.54, 1.807) is 12.1 Å². The lowest BCUT2D eigenvalue weighted by molar-refractivity contribution is 0.0972. The summed E-state index contributed by atoms with van der Waals surface area (Å²) in [5, 5.41) is 10.7. The van der Waals surface area contributed by atoms with Gasteiger partial charge in [-0.3, -0.25) is 9.48 Å². The van der Waals surface area contributed by atoms with Crippen LogP contribution in [0.5, 0.6) is 0 Å². The van der Waals surface area contributed by atoms with Gasteiger partial charge in [0.2, 0.25) is 0 Å². The number of primary amides is 1. The molecule has 0 bridgehead atoms. The quantitative estimate of drug-likeness (QED) is 0.345. The maximum Gasteiger partial charge on any atom is 0.284 e. The number of nitrogens with one attached hydrogen (secondary N) is 2. The van der Waals surface area contributed by atoms with E-state index >= 15 is 0 Å². The van der Waals surface area contributed by atoms with E-state index in [1.165, 1.54) is 0 Å². The molecule has 2 aromatic rings. The van der Waals surface area contributed by atoms with Crippen molar-refractivity contribution < 1.29 is 9.21 Å². The van der Waals surface area contributed by atoms with Gasteiger partial charge in [-0.25, -0.2) is 4.99 Å². The smallest absolute Gasteiger partial charge is 0.284 e. The number of aryl methyl sites for hydroxylation is 2. The Morgan fingerprint density at radius 2 is 2.08 bits per heavy atom. The van der Waals surface area contributed by atoms with Gasteiger partial charge in [-0.05, 0) is 32.9 Å². The van der Waals surface area contributed by atoms with Crippen LogP contribution < -0.4 is 16.4 Å². The molecule has 25 heavy (non-hydrogen) atoms. The summed E-state index contributed by atoms with van der Waals surface area (Å²) in [6, 6.07) is 3.28. The Hall–Kier alpha value is -2.04. The Labute approximate surface area is 164 Å². The molecule has 0 aliphatic rings. The second-order valence-electron chi connectivity index (χ2n) is 5.45. The van der Waals surface area contributed by atoms with Gasteiger partial charge in [0.15, 0.2) is 11.7 Å². The van der Waals surface area contributed by atoms with Crippen LogP contribution in [0.2, 0.25) is 0 Å². The second-order valence-corrected chi connectivity index (χ2v) is 5.45. The second kappa shape index (κ2) is 9.44. The summed E-state index contributed by atoms with van der Waals surface area (Å²) in [6.45, 7) is 7.68. The van der Waals surface area contributed by atoms with Crippen molar-refractivity contribution in [2.24, 2.45) is 17.8 Å². The number of hydrogen-bond acceptors (Lipinski definition) is 4. The molecule has 0 atom stereocenters. The average Bonchev–Trinajstić information content (AvgIpc) is 3.09. The zero-order valence-electron chi connectivity index (χ0n) is 14.9. The summed E-state index contributed by atoms with van der Waals surface area (Å²) < 4.78 is 7.20. The number of amides is 1. The zero-order valence-corrected chi connectivity index (χ0v) is 17.3. The van der Waals surface area contributed by atoms with Crippen molar-refractivity contribution in [1.82, 2.24) is 20.4 Å². The van der Waals surface area contributed by atoms with Gasteiger partial charge in [0, 0.05) is 24.8 Å². The molecule has 0 saturated heterocycles. The first-order chi connectivity index (χ1) is 11.4. The highest BCUT2D eigenvalue weighted by atomic mass is 127. The number of nitrogens with two attached hydrogens (primary N) is 1. The third-order valence-corrected chi connectivity index (χ3v) is 3.73. The number of rotatable bonds is 6. The summed E-state index contributed by atoms with van der Waals surface area (Å²) >= 11 is 0. The Morgan fingerprint density at radius 3 is 2.60 bits per heavy atom. The van der Waals surface area contributed by atoms with Gasteiger partial charge in [0.25, 0.3) is 5.91 Å². The zero-order chi connectivity index (χ0) is 17.7. The fourth-order valence-electron chi connectivity index (χ4n) is 2.32. The minimum atomic E-state index is -0.579. The Bertz CT molecular complexity index is 750. The first-order valence-electron chi connectivity index (χ1n) is 7.82. The number of guanidine groups is 1. The van der Waals surface area contributed by atoms with Gasteiger partial charge >= 0.3 is 0 Å². The van der Waals surface area contributed by atoms with Gasteiger partial charge in [0.05, 0.1) is 18.8 Å². The van der Waals surface area contributed by atoms with E-state index in [4.69, 9.17) is 10.2 Å². The van der Waals surface area contributed by atoms with E-state index in [0.29, 0.717) is 24.8 Å². The predicted octanol–water partition coefficient (Wildman–Crippen LogP) is 1.60. The monoisotopic (exact) mass is 460 g/mol. The van der Waals surface area contributed by atoms with Crippen LogP contribution in [0.15, 0.2) is 21.5 Å². The molecule has 2 aromatic heterocycles. The highest BCUT2D eigenvalue weighted by Crippen LogP contribution is 2.13. The number of halogens is 1. The molecular formula is C16H25IN6O2. The standard InChI is InChI=1S/C16H24N6O2.HI/c1-5-18-16(19-8-12-6-7-14(24-12)15(17)23)20-9-13-10(2)21-22(4)11(13)3;/h6-7H,5,8-9H2,1-4H3,(H2,17,23)(H2,18,19,20);1H. The third-order valence-electron chi connectivity index (χ3n) is 3.73. The van der Waals surface area contributed by atoms with Crippen LogP contribution in [0.25, 0.3) is 0 Å². The van der Waals surface area contributed by atoms with Gasteiger partial charge in [-0.1, -0.05) is 0 Å². The largest absolute Gasteiger partial charge is 0.454 e. The van der Waals surface area contributed by atoms with E-state index < -0.39 is 5.91 Å². The molecule has 8 nitrogen and oxygen atoms in total. The fraction of sp³-hybridized carbons (Fsp3) is 0.438. The lowest BCUT2D eigenvalue weighted by Crippen LogP contribution is -2.36. The minimum Gasteiger partial charge on any atom is -0.454 e. The Balaban J connectivity index is 0.00000312. The molecule has 0 unspecified atom stereocenters. The molecule has 2 heterocycles. The van der Waals surface area contributed by atoms with Gasteiger partial charge in [0.1, 0.15) is 5.76 Å². The molecule has 0 fully saturated rings. The molecule has 0 aliphatic carbocycles. The lowest BCUT2D eigenvalue weighted by Gasteiger charge is -2.10. The molecule has 0 saturated carbocycles. The fourth-order valence-corrected chi connectivity index (χ4v) is 2.32. The van der Waals surface area contributed by atoms with Gasteiger partial charge in [-0.2, -0.15) is 5.10 Å². The van der Waals surface area contributed by atoms with E-state index in [2.05, 4.69) is 20.7 Å². The maximum atomic E-state index is 11.0. The van der Waals surface area contributed by atoms with Gasteiger partial charge < -0.3 is 20.8 Å². The highest BCUT2D eigenvalue weighted by molar-refractivity contribution is 14.0. The van der Waals surface area contributed by atoms with Crippen LogP contribution >= 0.6 is 24.0 Å². The summed E-state index contributed by atoms with van der Waals surface area (Å²) in [6.07, 6.45) is 0. The molecule has 0 aliphatic heterocycles. The van der Waals surface area contributed by atoms with Crippen LogP contribution in [0, 0.1) is 13.8 Å². The predicted molar refractivity (Wildman–Crippen MR) is 107 cm³/mol. The number of furan rings is 1. The van der Waals surface area contributed by atoms with Crippen LogP contribution in [0.3, 0.4) is 0 Å². The number of nitrogens with zero attached hydrogens (tertiary/aromatic N) is 3. The van der Waals surface area contributed by atoms with E-state index in [1.807, 2.05) is 32.5 Å². The first-order valence-corrected chi connectivity index (χ1v) is 7.82. The molecule has 0 radical (unpaired) electrons. The molecule has 0 aromatic carbocycles. The van der Waals surface area contributed by atoms with Crippen molar-refractivity contribution in [2.45, 2.75) is 33.9 Å². The number of aliphatic imine (C=N–C) groups is 1. The number of carbonyl (C=O) groups is 1. The van der Waals surface area contributed by atoms with Crippen molar-refractivity contribution >= 4 is 35.8 Å². The minimum absolute atomic E-state index is 0. The molecular weight excluding hydrogens is 435 g/mol. The molecule has 2 rings (SSSR count). The SMILES string of the molecule is CCNC(=NCc1c(C)nn(C)c1C)NCc1ccc(C(N)=O)o1.I. The van der Waals surface area contributed by atoms with Crippen LogP contribution in [-0.4, -0.2) is 28.2 Å². The summed E-state index contributed by atoms with van der Waals surface area (Å²) in [5.41, 5.74) is 8.37. The summed E-state index contributed by atoms with van der Waals surface area (Å²) in [4.78, 5) is 15.6. The van der Waals surface area contributed by atoms with Crippen molar-refractivity contribution in [3.05, 3.63) is 40.6 Å². The molecule has 138 valence electrons. The molecule has 4 N–H and O–H groups in total. The van der Waals surface area contributed by atoms with Crippen LogP contribution in [0.4, 0.5) is 0 Å². The number of aromatic nitrogens is 2. The van der Waals surface area contributed by atoms with E-state index in [9.17, 15) is 4.79 Å². The molecule has 9 heteroatoms. The lowest BCUT2D eigenvalue weighted by atomic mass is 10.2. The summed E-state index contributed by atoms with van der Waals surface area (Å²) in [5.74, 6) is 0.847. The molecule has 1 amide bonds. The average molecular weight is 460 g/mol. The molecule has 0 spiro atoms. The number of hydrogen-bond donors (Lipinski definition) is 3. The number of carbonyl (C=O) groups excluding carboxylic acids is 1. The first kappa shape index (κ1) is 21.0. The van der Waals surface area contributed by atoms with Crippen molar-refractivity contribution in [3.63, 3.8) is 0 Å². The van der Waals surface area contributed by atoms with Crippen molar-refractivity contribution in [1.29, 1.82) is 0 Å². The third kappa shape index (κ3) is 5.48. The highest BCUT2D eigenvalue weighted by Gasteiger charge is 2.10. The van der Waals surface area contributed by atoms with E-state index in [-0.39, 0.29) is 29.7 Å². The Morgan fingerprint density at radius 1 is 1.36 bits per heavy atom. The van der Waals surface area contributed by atoms with E-state index in [0.717, 1.165) is 23.5 Å². The summed E-state index contributed by atoms with van der Waals surface area (Å²) in [7, 11) is 1.92. The van der Waals surface area contributed by atoms with Crippen LogP contribution in [-0.2, 0) is 20.1 Å². The maximum absolute atomic E-state index is 11.0. The Kier molecular flexibility index (Phi) is 7.94. The van der Waals surface area contributed by atoms with Crippen molar-refractivity contribution in [3.8, 4) is 0 Å². The van der Waals surface area contributed by atoms with Gasteiger partial charge in [-0.15, -0.1) is 24.0 Å². The van der Waals surface area contributed by atoms with Crippen LogP contribution in [0.1, 0.15) is 40.2 Å². The van der Waals surface area contributed by atoms with Crippen molar-refractivity contribution in [2.75, 3.05) is 6.54 Å². The normalized spacial score (nSPS) is 11.1. The topological polar surface area (TPSA) is 110 Å².